The van der Waals surface area contributed by atoms with E-state index in [2.05, 4.69) is 11.8 Å². The first-order chi connectivity index (χ1) is 8.19. The Morgan fingerprint density at radius 2 is 2.29 bits per heavy atom. The van der Waals surface area contributed by atoms with E-state index in [1.807, 2.05) is 0 Å². The van der Waals surface area contributed by atoms with Gasteiger partial charge in [0.05, 0.1) is 18.8 Å². The Hall–Kier alpha value is -1.86. The van der Waals surface area contributed by atoms with Gasteiger partial charge >= 0.3 is 5.97 Å². The Morgan fingerprint density at radius 3 is 2.94 bits per heavy atom. The van der Waals surface area contributed by atoms with Gasteiger partial charge in [-0.2, -0.15) is 0 Å². The zero-order valence-electron chi connectivity index (χ0n) is 9.50. The van der Waals surface area contributed by atoms with Crippen LogP contribution in [0.1, 0.15) is 29.3 Å². The van der Waals surface area contributed by atoms with Crippen molar-refractivity contribution >= 4 is 5.97 Å². The van der Waals surface area contributed by atoms with Crippen LogP contribution in [-0.4, -0.2) is 24.3 Å². The molecule has 0 heterocycles. The maximum Gasteiger partial charge on any atom is 0.339 e. The molecule has 3 nitrogen and oxygen atoms in total. The SMILES string of the molecule is CCOC(=O)c1ccc(F)cc1C#CCCO. The lowest BCUT2D eigenvalue weighted by Crippen LogP contribution is -2.07. The fraction of sp³-hybridized carbons (Fsp3) is 0.308. The number of benzene rings is 1. The number of aliphatic hydroxyl groups excluding tert-OH is 1. The second kappa shape index (κ2) is 6.66. The molecule has 0 aliphatic rings. The Labute approximate surface area is 99.2 Å². The summed E-state index contributed by atoms with van der Waals surface area (Å²) in [5.74, 6) is 4.29. The molecule has 1 aromatic rings. The van der Waals surface area contributed by atoms with Gasteiger partial charge in [0.1, 0.15) is 5.82 Å². The van der Waals surface area contributed by atoms with E-state index < -0.39 is 11.8 Å². The molecule has 0 atom stereocenters. The maximum absolute atomic E-state index is 13.0. The number of carbonyl (C=O) groups excluding carboxylic acids is 1. The quantitative estimate of drug-likeness (QED) is 0.642. The van der Waals surface area contributed by atoms with E-state index in [1.165, 1.54) is 18.2 Å². The molecule has 0 bridgehead atoms. The second-order valence-electron chi connectivity index (χ2n) is 3.19. The summed E-state index contributed by atoms with van der Waals surface area (Å²) in [4.78, 5) is 11.5. The molecule has 0 aliphatic heterocycles. The molecule has 4 heteroatoms. The van der Waals surface area contributed by atoms with Crippen molar-refractivity contribution in [3.05, 3.63) is 35.1 Å². The van der Waals surface area contributed by atoms with E-state index in [4.69, 9.17) is 9.84 Å². The summed E-state index contributed by atoms with van der Waals surface area (Å²) in [7, 11) is 0. The van der Waals surface area contributed by atoms with Crippen LogP contribution in [0, 0.1) is 17.7 Å². The molecule has 0 spiro atoms. The van der Waals surface area contributed by atoms with Crippen molar-refractivity contribution in [2.75, 3.05) is 13.2 Å². The highest BCUT2D eigenvalue weighted by atomic mass is 19.1. The molecule has 90 valence electrons. The highest BCUT2D eigenvalue weighted by Gasteiger charge is 2.11. The summed E-state index contributed by atoms with van der Waals surface area (Å²) in [6.07, 6.45) is 0.277. The summed E-state index contributed by atoms with van der Waals surface area (Å²) in [5, 5.41) is 8.59. The van der Waals surface area contributed by atoms with Crippen molar-refractivity contribution in [3.8, 4) is 11.8 Å². The first kappa shape index (κ1) is 13.2. The molecule has 17 heavy (non-hydrogen) atoms. The standard InChI is InChI=1S/C13H13FO3/c1-2-17-13(16)12-7-6-11(14)9-10(12)5-3-4-8-15/h6-7,9,15H,2,4,8H2,1H3. The van der Waals surface area contributed by atoms with Crippen LogP contribution >= 0.6 is 0 Å². The topological polar surface area (TPSA) is 46.5 Å². The van der Waals surface area contributed by atoms with Crippen LogP contribution in [0.15, 0.2) is 18.2 Å². The average molecular weight is 236 g/mol. The average Bonchev–Trinajstić information content (AvgIpc) is 2.30. The van der Waals surface area contributed by atoms with Gasteiger partial charge in [0.25, 0.3) is 0 Å². The molecular formula is C13H13FO3. The number of esters is 1. The molecule has 0 radical (unpaired) electrons. The lowest BCUT2D eigenvalue weighted by Gasteiger charge is -2.04. The number of hydrogen-bond acceptors (Lipinski definition) is 3. The third-order valence-corrected chi connectivity index (χ3v) is 1.94. The number of rotatable bonds is 3. The van der Waals surface area contributed by atoms with Crippen molar-refractivity contribution in [1.29, 1.82) is 0 Å². The first-order valence-electron chi connectivity index (χ1n) is 5.25. The Kier molecular flexibility index (Phi) is 5.18. The summed E-state index contributed by atoms with van der Waals surface area (Å²) < 4.78 is 17.9. The molecule has 0 amide bonds. The van der Waals surface area contributed by atoms with Gasteiger partial charge in [-0.1, -0.05) is 11.8 Å². The van der Waals surface area contributed by atoms with Gasteiger partial charge in [-0.15, -0.1) is 0 Å². The third kappa shape index (κ3) is 3.89. The minimum atomic E-state index is -0.527. The van der Waals surface area contributed by atoms with Crippen LogP contribution in [0.4, 0.5) is 4.39 Å². The molecule has 1 N–H and O–H groups in total. The van der Waals surface area contributed by atoms with Crippen molar-refractivity contribution < 1.29 is 19.0 Å². The van der Waals surface area contributed by atoms with Crippen molar-refractivity contribution in [2.24, 2.45) is 0 Å². The summed E-state index contributed by atoms with van der Waals surface area (Å²) in [6.45, 7) is 1.87. The van der Waals surface area contributed by atoms with Gasteiger partial charge in [-0.25, -0.2) is 9.18 Å². The minimum absolute atomic E-state index is 0.0724. The highest BCUT2D eigenvalue weighted by Crippen LogP contribution is 2.11. The van der Waals surface area contributed by atoms with Crippen molar-refractivity contribution in [3.63, 3.8) is 0 Å². The summed E-state index contributed by atoms with van der Waals surface area (Å²) in [5.41, 5.74) is 0.510. The van der Waals surface area contributed by atoms with Crippen LogP contribution < -0.4 is 0 Å². The smallest absolute Gasteiger partial charge is 0.339 e. The van der Waals surface area contributed by atoms with Crippen molar-refractivity contribution in [1.82, 2.24) is 0 Å². The number of carbonyl (C=O) groups is 1. The molecule has 1 aromatic carbocycles. The van der Waals surface area contributed by atoms with Crippen LogP contribution in [0.5, 0.6) is 0 Å². The molecular weight excluding hydrogens is 223 g/mol. The number of ether oxygens (including phenoxy) is 1. The summed E-state index contributed by atoms with van der Waals surface area (Å²) >= 11 is 0. The normalized spacial score (nSPS) is 9.35. The molecule has 0 aliphatic carbocycles. The van der Waals surface area contributed by atoms with Gasteiger partial charge in [-0.3, -0.25) is 0 Å². The molecule has 0 saturated carbocycles. The van der Waals surface area contributed by atoms with Crippen LogP contribution in [-0.2, 0) is 4.74 Å². The van der Waals surface area contributed by atoms with E-state index in [-0.39, 0.29) is 30.8 Å². The predicted octanol–water partition coefficient (Wildman–Crippen LogP) is 1.74. The maximum atomic E-state index is 13.0. The largest absolute Gasteiger partial charge is 0.462 e. The Balaban J connectivity index is 3.04. The number of halogens is 1. The van der Waals surface area contributed by atoms with Gasteiger partial charge in [0.15, 0.2) is 0 Å². The lowest BCUT2D eigenvalue weighted by molar-refractivity contribution is 0.0526. The molecule has 1 rings (SSSR count). The van der Waals surface area contributed by atoms with E-state index in [0.717, 1.165) is 0 Å². The zero-order chi connectivity index (χ0) is 12.7. The zero-order valence-corrected chi connectivity index (χ0v) is 9.50. The molecule has 0 fully saturated rings. The lowest BCUT2D eigenvalue weighted by atomic mass is 10.1. The number of aliphatic hydroxyl groups is 1. The molecule has 0 aromatic heterocycles. The Bertz CT molecular complexity index is 457. The van der Waals surface area contributed by atoms with Gasteiger partial charge < -0.3 is 9.84 Å². The summed E-state index contributed by atoms with van der Waals surface area (Å²) in [6, 6.07) is 3.70. The van der Waals surface area contributed by atoms with Gasteiger partial charge in [-0.05, 0) is 25.1 Å². The fourth-order valence-electron chi connectivity index (χ4n) is 1.22. The van der Waals surface area contributed by atoms with E-state index >= 15 is 0 Å². The predicted molar refractivity (Wildman–Crippen MR) is 60.9 cm³/mol. The van der Waals surface area contributed by atoms with E-state index in [1.54, 1.807) is 6.92 Å². The first-order valence-corrected chi connectivity index (χ1v) is 5.25. The minimum Gasteiger partial charge on any atom is -0.462 e. The monoisotopic (exact) mass is 236 g/mol. The highest BCUT2D eigenvalue weighted by molar-refractivity contribution is 5.92. The van der Waals surface area contributed by atoms with Crippen LogP contribution in [0.25, 0.3) is 0 Å². The van der Waals surface area contributed by atoms with Crippen molar-refractivity contribution in [2.45, 2.75) is 13.3 Å². The third-order valence-electron chi connectivity index (χ3n) is 1.94. The van der Waals surface area contributed by atoms with Crippen LogP contribution in [0.3, 0.4) is 0 Å². The van der Waals surface area contributed by atoms with Gasteiger partial charge in [0, 0.05) is 12.0 Å². The van der Waals surface area contributed by atoms with Gasteiger partial charge in [0.2, 0.25) is 0 Å². The second-order valence-corrected chi connectivity index (χ2v) is 3.19. The number of hydrogen-bond donors (Lipinski definition) is 1. The molecule has 0 unspecified atom stereocenters. The Morgan fingerprint density at radius 1 is 1.53 bits per heavy atom. The van der Waals surface area contributed by atoms with Crippen LogP contribution in [0.2, 0.25) is 0 Å². The fourth-order valence-corrected chi connectivity index (χ4v) is 1.22. The van der Waals surface area contributed by atoms with E-state index in [0.29, 0.717) is 0 Å². The van der Waals surface area contributed by atoms with E-state index in [9.17, 15) is 9.18 Å². The molecule has 0 saturated heterocycles.